The minimum absolute atomic E-state index is 0.201. The van der Waals surface area contributed by atoms with Crippen LogP contribution in [0.2, 0.25) is 0 Å². The van der Waals surface area contributed by atoms with Crippen LogP contribution in [0, 0.1) is 11.3 Å². The molecule has 0 bridgehead atoms. The van der Waals surface area contributed by atoms with Gasteiger partial charge in [0.1, 0.15) is 5.60 Å². The fourth-order valence-corrected chi connectivity index (χ4v) is 5.55. The summed E-state index contributed by atoms with van der Waals surface area (Å²) < 4.78 is 5.99. The molecule has 1 fully saturated rings. The topological polar surface area (TPSA) is 53.3 Å². The van der Waals surface area contributed by atoms with Gasteiger partial charge in [0, 0.05) is 48.3 Å². The third-order valence-corrected chi connectivity index (χ3v) is 6.97. The van der Waals surface area contributed by atoms with Gasteiger partial charge in [-0.1, -0.05) is 42.5 Å². The van der Waals surface area contributed by atoms with Crippen LogP contribution in [0.3, 0.4) is 0 Å². The molecule has 0 amide bonds. The smallest absolute Gasteiger partial charge is 0.340 e. The number of nitriles is 1. The summed E-state index contributed by atoms with van der Waals surface area (Å²) in [5, 5.41) is 11.0. The van der Waals surface area contributed by atoms with E-state index in [4.69, 9.17) is 10.00 Å². The summed E-state index contributed by atoms with van der Waals surface area (Å²) in [6.07, 6.45) is 1.61. The van der Waals surface area contributed by atoms with E-state index in [1.165, 1.54) is 5.56 Å². The highest BCUT2D eigenvalue weighted by atomic mass is 32.1. The Bertz CT molecular complexity index is 1090. The van der Waals surface area contributed by atoms with Crippen LogP contribution in [0.15, 0.2) is 60.0 Å². The van der Waals surface area contributed by atoms with Crippen molar-refractivity contribution in [2.75, 3.05) is 13.1 Å². The largest absolute Gasteiger partial charge is 0.450 e. The first kappa shape index (κ1) is 18.1. The van der Waals surface area contributed by atoms with Crippen molar-refractivity contribution >= 4 is 17.3 Å². The summed E-state index contributed by atoms with van der Waals surface area (Å²) in [5.41, 5.74) is 4.23. The number of carbonyl (C=O) groups excluding carboxylic acids is 1. The van der Waals surface area contributed by atoms with E-state index in [1.54, 1.807) is 11.3 Å². The van der Waals surface area contributed by atoms with Crippen molar-refractivity contribution in [3.63, 3.8) is 0 Å². The average molecular weight is 401 g/mol. The minimum atomic E-state index is -0.525. The van der Waals surface area contributed by atoms with Crippen LogP contribution in [0.4, 0.5) is 0 Å². The van der Waals surface area contributed by atoms with Crippen molar-refractivity contribution in [2.24, 2.45) is 0 Å². The van der Waals surface area contributed by atoms with Crippen molar-refractivity contribution in [2.45, 2.75) is 25.0 Å². The highest BCUT2D eigenvalue weighted by molar-refractivity contribution is 7.14. The number of carbonyl (C=O) groups is 1. The molecule has 144 valence electrons. The lowest BCUT2D eigenvalue weighted by atomic mass is 9.83. The second kappa shape index (κ2) is 7.14. The molecule has 1 aromatic heterocycles. The first-order valence-electron chi connectivity index (χ1n) is 9.81. The van der Waals surface area contributed by atoms with Gasteiger partial charge in [0.05, 0.1) is 17.2 Å². The molecule has 2 aliphatic heterocycles. The van der Waals surface area contributed by atoms with Crippen molar-refractivity contribution in [1.29, 1.82) is 5.26 Å². The highest BCUT2D eigenvalue weighted by Crippen LogP contribution is 2.51. The molecule has 0 N–H and O–H groups in total. The maximum atomic E-state index is 12.6. The molecule has 5 rings (SSSR count). The second-order valence-electron chi connectivity index (χ2n) is 7.69. The lowest BCUT2D eigenvalue weighted by molar-refractivity contribution is -0.0437. The fraction of sp³-hybridized carbons (Fsp3) is 0.250. The summed E-state index contributed by atoms with van der Waals surface area (Å²) in [6, 6.07) is 20.2. The first-order valence-corrected chi connectivity index (χ1v) is 10.7. The Morgan fingerprint density at radius 1 is 1.07 bits per heavy atom. The lowest BCUT2D eigenvalue weighted by Gasteiger charge is -2.39. The Morgan fingerprint density at radius 2 is 1.79 bits per heavy atom. The number of thiophene rings is 1. The van der Waals surface area contributed by atoms with Crippen molar-refractivity contribution in [3.8, 4) is 16.5 Å². The molecule has 3 aromatic rings. The number of benzene rings is 2. The van der Waals surface area contributed by atoms with Gasteiger partial charge in [-0.3, -0.25) is 4.90 Å². The molecule has 1 saturated heterocycles. The van der Waals surface area contributed by atoms with E-state index in [2.05, 4.69) is 35.2 Å². The van der Waals surface area contributed by atoms with Gasteiger partial charge < -0.3 is 4.74 Å². The zero-order valence-electron chi connectivity index (χ0n) is 15.9. The molecule has 5 heteroatoms. The Morgan fingerprint density at radius 3 is 2.48 bits per heavy atom. The lowest BCUT2D eigenvalue weighted by Crippen LogP contribution is -2.42. The Labute approximate surface area is 174 Å². The highest BCUT2D eigenvalue weighted by Gasteiger charge is 2.49. The molecule has 3 heterocycles. The molecule has 1 spiro atoms. The third-order valence-electron chi connectivity index (χ3n) is 5.94. The van der Waals surface area contributed by atoms with Gasteiger partial charge in [-0.15, -0.1) is 11.3 Å². The van der Waals surface area contributed by atoms with Crippen LogP contribution in [-0.4, -0.2) is 24.0 Å². The van der Waals surface area contributed by atoms with Gasteiger partial charge >= 0.3 is 5.97 Å². The molecule has 0 atom stereocenters. The predicted octanol–water partition coefficient (Wildman–Crippen LogP) is 4.95. The van der Waals surface area contributed by atoms with Gasteiger partial charge in [-0.25, -0.2) is 4.79 Å². The monoisotopic (exact) mass is 400 g/mol. The number of esters is 1. The van der Waals surface area contributed by atoms with E-state index in [9.17, 15) is 4.79 Å². The molecule has 0 radical (unpaired) electrons. The first-order chi connectivity index (χ1) is 14.2. The summed E-state index contributed by atoms with van der Waals surface area (Å²) >= 11 is 1.60. The van der Waals surface area contributed by atoms with E-state index in [1.807, 2.05) is 35.7 Å². The predicted molar refractivity (Wildman–Crippen MR) is 113 cm³/mol. The Kier molecular flexibility index (Phi) is 4.46. The maximum absolute atomic E-state index is 12.6. The molecule has 0 saturated carbocycles. The van der Waals surface area contributed by atoms with Gasteiger partial charge in [0.15, 0.2) is 0 Å². The summed E-state index contributed by atoms with van der Waals surface area (Å²) in [5.74, 6) is -0.201. The minimum Gasteiger partial charge on any atom is -0.450 e. The zero-order chi connectivity index (χ0) is 19.8. The molecular weight excluding hydrogens is 380 g/mol. The fourth-order valence-electron chi connectivity index (χ4n) is 4.42. The van der Waals surface area contributed by atoms with Crippen LogP contribution in [0.25, 0.3) is 10.4 Å². The zero-order valence-corrected chi connectivity index (χ0v) is 16.7. The standard InChI is InChI=1S/C24H20N2O2S/c25-14-17-6-8-19(9-7-17)22-21-20(16-29-22)23(27)28-24(21)10-12-26(13-11-24)15-18-4-2-1-3-5-18/h1-9,16H,10-13,15H2. The average Bonchev–Trinajstić information content (AvgIpc) is 3.32. The van der Waals surface area contributed by atoms with Crippen LogP contribution in [-0.2, 0) is 16.9 Å². The van der Waals surface area contributed by atoms with Crippen molar-refractivity contribution in [1.82, 2.24) is 4.90 Å². The molecule has 0 unspecified atom stereocenters. The Balaban J connectivity index is 1.42. The van der Waals surface area contributed by atoms with E-state index in [0.29, 0.717) is 11.1 Å². The van der Waals surface area contributed by atoms with Crippen molar-refractivity contribution < 1.29 is 9.53 Å². The van der Waals surface area contributed by atoms with E-state index in [0.717, 1.165) is 48.5 Å². The number of rotatable bonds is 3. The van der Waals surface area contributed by atoms with Gasteiger partial charge in [-0.2, -0.15) is 5.26 Å². The number of hydrogen-bond acceptors (Lipinski definition) is 5. The SMILES string of the molecule is N#Cc1ccc(-c2scc3c2C2(CCN(Cc4ccccc4)CC2)OC3=O)cc1. The van der Waals surface area contributed by atoms with Gasteiger partial charge in [0.25, 0.3) is 0 Å². The van der Waals surface area contributed by atoms with Crippen molar-refractivity contribution in [3.05, 3.63) is 82.2 Å². The van der Waals surface area contributed by atoms with Gasteiger partial charge in [-0.05, 0) is 23.3 Å². The molecule has 29 heavy (non-hydrogen) atoms. The van der Waals surface area contributed by atoms with E-state index in [-0.39, 0.29) is 5.97 Å². The summed E-state index contributed by atoms with van der Waals surface area (Å²) in [4.78, 5) is 16.1. The Hall–Kier alpha value is -2.94. The van der Waals surface area contributed by atoms with Crippen LogP contribution in [0.5, 0.6) is 0 Å². The molecular formula is C24H20N2O2S. The summed E-state index contributed by atoms with van der Waals surface area (Å²) in [6.45, 7) is 2.71. The second-order valence-corrected chi connectivity index (χ2v) is 8.57. The number of piperidine rings is 1. The van der Waals surface area contributed by atoms with Crippen LogP contribution < -0.4 is 0 Å². The van der Waals surface area contributed by atoms with Gasteiger partial charge in [0.2, 0.25) is 0 Å². The third kappa shape index (κ3) is 3.15. The van der Waals surface area contributed by atoms with E-state index >= 15 is 0 Å². The number of fused-ring (bicyclic) bond motifs is 2. The van der Waals surface area contributed by atoms with Crippen LogP contribution in [0.1, 0.15) is 39.9 Å². The van der Waals surface area contributed by atoms with Crippen LogP contribution >= 0.6 is 11.3 Å². The van der Waals surface area contributed by atoms with E-state index < -0.39 is 5.60 Å². The number of nitrogens with zero attached hydrogens (tertiary/aromatic N) is 2. The number of likely N-dealkylation sites (tertiary alicyclic amines) is 1. The summed E-state index contributed by atoms with van der Waals surface area (Å²) in [7, 11) is 0. The normalized spacial score (nSPS) is 17.7. The number of hydrogen-bond donors (Lipinski definition) is 0. The molecule has 2 aromatic carbocycles. The number of ether oxygens (including phenoxy) is 1. The molecule has 2 aliphatic rings. The maximum Gasteiger partial charge on any atom is 0.340 e. The molecule has 4 nitrogen and oxygen atoms in total. The quantitative estimate of drug-likeness (QED) is 0.584. The molecule has 0 aliphatic carbocycles.